The fourth-order valence-corrected chi connectivity index (χ4v) is 1.40. The highest BCUT2D eigenvalue weighted by molar-refractivity contribution is 5.78. The topological polar surface area (TPSA) is 43.4 Å². The van der Waals surface area contributed by atoms with Crippen LogP contribution in [0.25, 0.3) is 0 Å². The molecule has 0 saturated carbocycles. The molecule has 3 nitrogen and oxygen atoms in total. The van der Waals surface area contributed by atoms with E-state index >= 15 is 0 Å². The summed E-state index contributed by atoms with van der Waals surface area (Å²) in [5.74, 6) is 0.212. The average molecular weight is 184 g/mol. The summed E-state index contributed by atoms with van der Waals surface area (Å²) < 4.78 is 4.96. The summed E-state index contributed by atoms with van der Waals surface area (Å²) >= 11 is 0. The van der Waals surface area contributed by atoms with E-state index in [0.717, 1.165) is 25.7 Å². The number of rotatable bonds is 0. The molecule has 0 aliphatic carbocycles. The van der Waals surface area contributed by atoms with Gasteiger partial charge in [0.05, 0.1) is 6.61 Å². The normalized spacial score (nSPS) is 21.8. The quantitative estimate of drug-likeness (QED) is 0.539. The van der Waals surface area contributed by atoms with E-state index in [2.05, 4.69) is 0 Å². The Bertz CT molecular complexity index is 167. The van der Waals surface area contributed by atoms with Gasteiger partial charge in [-0.25, -0.2) is 0 Å². The first kappa shape index (κ1) is 10.2. The van der Waals surface area contributed by atoms with Crippen molar-refractivity contribution in [3.63, 3.8) is 0 Å². The maximum atomic E-state index is 11.2. The van der Waals surface area contributed by atoms with Crippen LogP contribution < -0.4 is 0 Å². The zero-order valence-electron chi connectivity index (χ0n) is 7.88. The molecule has 13 heavy (non-hydrogen) atoms. The van der Waals surface area contributed by atoms with Crippen molar-refractivity contribution in [3.05, 3.63) is 0 Å². The van der Waals surface area contributed by atoms with Gasteiger partial charge in [-0.05, 0) is 25.7 Å². The minimum Gasteiger partial charge on any atom is -0.466 e. The molecule has 0 N–H and O–H groups in total. The van der Waals surface area contributed by atoms with Crippen LogP contribution >= 0.6 is 0 Å². The maximum absolute atomic E-state index is 11.2. The van der Waals surface area contributed by atoms with E-state index in [9.17, 15) is 9.59 Å². The largest absolute Gasteiger partial charge is 0.466 e. The van der Waals surface area contributed by atoms with Crippen molar-refractivity contribution in [2.75, 3.05) is 6.61 Å². The van der Waals surface area contributed by atoms with Crippen LogP contribution in [0, 0.1) is 0 Å². The number of carbonyl (C=O) groups excluding carboxylic acids is 2. The second kappa shape index (κ2) is 5.73. The zero-order valence-corrected chi connectivity index (χ0v) is 7.88. The van der Waals surface area contributed by atoms with Gasteiger partial charge < -0.3 is 4.74 Å². The van der Waals surface area contributed by atoms with Gasteiger partial charge in [-0.15, -0.1) is 0 Å². The summed E-state index contributed by atoms with van der Waals surface area (Å²) in [5, 5.41) is 0. The minimum atomic E-state index is -0.116. The van der Waals surface area contributed by atoms with Gasteiger partial charge >= 0.3 is 5.97 Å². The van der Waals surface area contributed by atoms with E-state index in [1.165, 1.54) is 0 Å². The third-order valence-electron chi connectivity index (χ3n) is 2.20. The highest BCUT2D eigenvalue weighted by Crippen LogP contribution is 2.08. The molecule has 0 aromatic rings. The number of ether oxygens (including phenoxy) is 1. The SMILES string of the molecule is O=C1CCCCOC(=O)CCCC1. The Balaban J connectivity index is 2.30. The Morgan fingerprint density at radius 1 is 0.846 bits per heavy atom. The van der Waals surface area contributed by atoms with Crippen molar-refractivity contribution in [1.82, 2.24) is 0 Å². The van der Waals surface area contributed by atoms with E-state index in [1.54, 1.807) is 0 Å². The molecule has 1 aliphatic heterocycles. The molecule has 0 atom stereocenters. The number of ketones is 1. The second-order valence-corrected chi connectivity index (χ2v) is 3.42. The number of carbonyl (C=O) groups is 2. The summed E-state index contributed by atoms with van der Waals surface area (Å²) in [5.41, 5.74) is 0. The maximum Gasteiger partial charge on any atom is 0.305 e. The zero-order chi connectivity index (χ0) is 9.52. The van der Waals surface area contributed by atoms with E-state index in [-0.39, 0.29) is 5.97 Å². The summed E-state index contributed by atoms with van der Waals surface area (Å²) in [6.07, 6.45) is 5.03. The minimum absolute atomic E-state index is 0.116. The highest BCUT2D eigenvalue weighted by atomic mass is 16.5. The standard InChI is InChI=1S/C10H16O3/c11-9-5-1-2-7-10(12)13-8-4-3-6-9/h1-8H2. The first-order chi connectivity index (χ1) is 6.29. The summed E-state index contributed by atoms with van der Waals surface area (Å²) in [4.78, 5) is 22.2. The van der Waals surface area contributed by atoms with Gasteiger partial charge in [-0.2, -0.15) is 0 Å². The van der Waals surface area contributed by atoms with Gasteiger partial charge in [-0.1, -0.05) is 0 Å². The smallest absolute Gasteiger partial charge is 0.305 e. The molecule has 0 spiro atoms. The molecule has 1 fully saturated rings. The van der Waals surface area contributed by atoms with E-state index in [4.69, 9.17) is 4.74 Å². The van der Waals surface area contributed by atoms with E-state index < -0.39 is 0 Å². The van der Waals surface area contributed by atoms with Crippen molar-refractivity contribution < 1.29 is 14.3 Å². The van der Waals surface area contributed by atoms with Crippen molar-refractivity contribution >= 4 is 11.8 Å². The van der Waals surface area contributed by atoms with Crippen LogP contribution in [0.5, 0.6) is 0 Å². The van der Waals surface area contributed by atoms with Crippen molar-refractivity contribution in [1.29, 1.82) is 0 Å². The molecule has 0 amide bonds. The van der Waals surface area contributed by atoms with Gasteiger partial charge in [0.15, 0.2) is 0 Å². The van der Waals surface area contributed by atoms with Crippen LogP contribution in [-0.4, -0.2) is 18.4 Å². The number of Topliss-reactive ketones (excluding diaryl/α,β-unsaturated/α-hetero) is 1. The fraction of sp³-hybridized carbons (Fsp3) is 0.800. The van der Waals surface area contributed by atoms with Gasteiger partial charge in [0.25, 0.3) is 0 Å². The lowest BCUT2D eigenvalue weighted by Crippen LogP contribution is -2.04. The molecule has 3 heteroatoms. The molecular formula is C10H16O3. The number of esters is 1. The van der Waals surface area contributed by atoms with Crippen LogP contribution in [0.2, 0.25) is 0 Å². The number of hydrogen-bond acceptors (Lipinski definition) is 3. The van der Waals surface area contributed by atoms with Gasteiger partial charge in [0, 0.05) is 19.3 Å². The summed E-state index contributed by atoms with van der Waals surface area (Å²) in [6, 6.07) is 0. The molecule has 1 rings (SSSR count). The molecule has 0 radical (unpaired) electrons. The second-order valence-electron chi connectivity index (χ2n) is 3.42. The van der Waals surface area contributed by atoms with Crippen LogP contribution in [0.15, 0.2) is 0 Å². The van der Waals surface area contributed by atoms with E-state index in [1.807, 2.05) is 0 Å². The van der Waals surface area contributed by atoms with E-state index in [0.29, 0.717) is 31.7 Å². The summed E-state index contributed by atoms with van der Waals surface area (Å²) in [7, 11) is 0. The van der Waals surface area contributed by atoms with Crippen molar-refractivity contribution in [2.45, 2.75) is 44.9 Å². The number of hydrogen-bond donors (Lipinski definition) is 0. The first-order valence-electron chi connectivity index (χ1n) is 4.96. The molecule has 0 unspecified atom stereocenters. The van der Waals surface area contributed by atoms with Crippen molar-refractivity contribution in [2.24, 2.45) is 0 Å². The summed E-state index contributed by atoms with van der Waals surface area (Å²) in [6.45, 7) is 0.478. The highest BCUT2D eigenvalue weighted by Gasteiger charge is 2.07. The lowest BCUT2D eigenvalue weighted by molar-refractivity contribution is -0.143. The Labute approximate surface area is 78.5 Å². The molecule has 0 aromatic heterocycles. The molecular weight excluding hydrogens is 168 g/mol. The Kier molecular flexibility index (Phi) is 4.50. The van der Waals surface area contributed by atoms with Gasteiger partial charge in [0.1, 0.15) is 5.78 Å². The molecule has 0 bridgehead atoms. The third kappa shape index (κ3) is 4.65. The van der Waals surface area contributed by atoms with Crippen LogP contribution in [0.3, 0.4) is 0 Å². The average Bonchev–Trinajstić information content (AvgIpc) is 2.14. The van der Waals surface area contributed by atoms with Gasteiger partial charge in [-0.3, -0.25) is 9.59 Å². The Morgan fingerprint density at radius 3 is 2.23 bits per heavy atom. The van der Waals surface area contributed by atoms with Crippen LogP contribution in [0.1, 0.15) is 44.9 Å². The molecule has 74 valence electrons. The predicted octanol–water partition coefficient (Wildman–Crippen LogP) is 1.84. The Hall–Kier alpha value is -0.860. The Morgan fingerprint density at radius 2 is 1.46 bits per heavy atom. The lowest BCUT2D eigenvalue weighted by atomic mass is 10.1. The molecule has 1 aliphatic rings. The lowest BCUT2D eigenvalue weighted by Gasteiger charge is -2.01. The molecule has 0 aromatic carbocycles. The monoisotopic (exact) mass is 184 g/mol. The molecule has 1 heterocycles. The predicted molar refractivity (Wildman–Crippen MR) is 48.3 cm³/mol. The van der Waals surface area contributed by atoms with Crippen LogP contribution in [0.4, 0.5) is 0 Å². The molecule has 1 saturated heterocycles. The van der Waals surface area contributed by atoms with Crippen LogP contribution in [-0.2, 0) is 14.3 Å². The first-order valence-corrected chi connectivity index (χ1v) is 4.96. The van der Waals surface area contributed by atoms with Gasteiger partial charge in [0.2, 0.25) is 0 Å². The number of cyclic esters (lactones) is 1. The van der Waals surface area contributed by atoms with Crippen molar-refractivity contribution in [3.8, 4) is 0 Å². The third-order valence-corrected chi connectivity index (χ3v) is 2.20. The fourth-order valence-electron chi connectivity index (χ4n) is 1.40.